The molecule has 35 heavy (non-hydrogen) atoms. The molecule has 1 aromatic rings. The van der Waals surface area contributed by atoms with Crippen LogP contribution in [0.2, 0.25) is 0 Å². The lowest BCUT2D eigenvalue weighted by atomic mass is 9.90. The molecule has 22 heteroatoms. The van der Waals surface area contributed by atoms with Crippen LogP contribution in [0.3, 0.4) is 0 Å². The molecule has 7 atom stereocenters. The minimum atomic E-state index is -5.86. The highest BCUT2D eigenvalue weighted by atomic mass is 31.3. The van der Waals surface area contributed by atoms with E-state index in [1.54, 1.807) is 0 Å². The molecule has 0 saturated carbocycles. The Balaban J connectivity index is 2.38. The van der Waals surface area contributed by atoms with E-state index < -0.39 is 77.5 Å². The van der Waals surface area contributed by atoms with Crippen LogP contribution in [0.15, 0.2) is 11.0 Å². The largest absolute Gasteiger partial charge is 0.490 e. The van der Waals surface area contributed by atoms with Gasteiger partial charge < -0.3 is 40.9 Å². The Morgan fingerprint density at radius 2 is 1.89 bits per heavy atom. The second-order valence-corrected chi connectivity index (χ2v) is 11.2. The Bertz CT molecular complexity index is 1230. The number of nitrogens with zero attached hydrogens (tertiary/aromatic N) is 2. The van der Waals surface area contributed by atoms with Gasteiger partial charge in [-0.25, -0.2) is 27.3 Å². The van der Waals surface area contributed by atoms with E-state index in [0.29, 0.717) is 10.8 Å². The Hall–Kier alpha value is -1.61. The molecule has 17 nitrogen and oxygen atoms in total. The summed E-state index contributed by atoms with van der Waals surface area (Å²) in [5, 5.41) is 10.7. The molecule has 3 unspecified atom stereocenters. The first-order valence-electron chi connectivity index (χ1n) is 8.86. The summed E-state index contributed by atoms with van der Waals surface area (Å²) in [6.45, 7) is -0.342. The van der Waals surface area contributed by atoms with E-state index in [-0.39, 0.29) is 0 Å². The first-order valence-corrected chi connectivity index (χ1v) is 13.4. The third-order valence-electron chi connectivity index (χ3n) is 4.23. The van der Waals surface area contributed by atoms with Crippen molar-refractivity contribution in [2.24, 2.45) is 5.73 Å². The average molecular weight is 570 g/mol. The van der Waals surface area contributed by atoms with E-state index in [0.717, 1.165) is 6.92 Å². The van der Waals surface area contributed by atoms with E-state index >= 15 is 0 Å². The summed E-state index contributed by atoms with van der Waals surface area (Å²) in [6, 6.07) is 0. The van der Waals surface area contributed by atoms with Crippen LogP contribution in [0.4, 0.5) is 14.6 Å². The number of hydrogen-bond acceptors (Lipinski definition) is 12. The van der Waals surface area contributed by atoms with Gasteiger partial charge in [0.15, 0.2) is 23.4 Å². The van der Waals surface area contributed by atoms with Crippen molar-refractivity contribution in [1.82, 2.24) is 9.55 Å². The van der Waals surface area contributed by atoms with Crippen molar-refractivity contribution >= 4 is 29.3 Å². The number of nitrogen functional groups attached to an aromatic ring is 1. The van der Waals surface area contributed by atoms with Gasteiger partial charge in [-0.1, -0.05) is 11.8 Å². The molecule has 0 bridgehead atoms. The normalized spacial score (nSPS) is 29.0. The standard InChI is InChI=1S/C13H19F2N4O13P3/c1-6(30-34(25,26)32-35(27,28)31-33(22,23)24)8-9(20)13(17,3-2-4-14)11(29-8)19-5-7(15)10(16)18-12(19)21/h5-6,8-9,11,20H,4,17H2,1H3,(H,25,26)(H,27,28)(H2,16,18,21)(H2,22,23,24)/t6-,8+,9-,11+,13?/m0/s1. The quantitative estimate of drug-likeness (QED) is 0.140. The number of aromatic nitrogens is 2. The number of alkyl halides is 1. The Morgan fingerprint density at radius 3 is 2.43 bits per heavy atom. The van der Waals surface area contributed by atoms with Crippen molar-refractivity contribution in [3.63, 3.8) is 0 Å². The van der Waals surface area contributed by atoms with Gasteiger partial charge in [-0.05, 0) is 6.92 Å². The summed E-state index contributed by atoms with van der Waals surface area (Å²) in [4.78, 5) is 51.4. The number of nitrogens with two attached hydrogens (primary N) is 2. The Kier molecular flexibility index (Phi) is 8.80. The third kappa shape index (κ3) is 7.21. The molecule has 9 N–H and O–H groups in total. The van der Waals surface area contributed by atoms with Gasteiger partial charge >= 0.3 is 29.2 Å². The minimum Gasteiger partial charge on any atom is -0.387 e. The monoisotopic (exact) mass is 570 g/mol. The number of aliphatic hydroxyl groups excluding tert-OH is 1. The fraction of sp³-hybridized carbons (Fsp3) is 0.538. The maximum atomic E-state index is 13.9. The van der Waals surface area contributed by atoms with E-state index in [2.05, 4.69) is 24.0 Å². The summed E-state index contributed by atoms with van der Waals surface area (Å²) in [6.07, 6.45) is -7.10. The SMILES string of the molecule is C[C@H](OP(=O)(O)OP(=O)(O)OP(=O)(O)O)[C@H]1O[C@@H](n2cc(F)c(N)nc2=O)C(N)(C#CCF)[C@H]1O. The van der Waals surface area contributed by atoms with Gasteiger partial charge in [0.25, 0.3) is 0 Å². The number of ether oxygens (including phenoxy) is 1. The topological polar surface area (TPSA) is 276 Å². The fourth-order valence-electron chi connectivity index (χ4n) is 2.93. The zero-order chi connectivity index (χ0) is 27.0. The van der Waals surface area contributed by atoms with Crippen LogP contribution in [-0.4, -0.2) is 64.8 Å². The molecular weight excluding hydrogens is 551 g/mol. The molecular formula is C13H19F2N4O13P3. The van der Waals surface area contributed by atoms with E-state index in [1.807, 2.05) is 5.92 Å². The van der Waals surface area contributed by atoms with Crippen LogP contribution >= 0.6 is 23.5 Å². The fourth-order valence-corrected chi connectivity index (χ4v) is 6.13. The molecule has 1 aromatic heterocycles. The van der Waals surface area contributed by atoms with Crippen LogP contribution in [0.25, 0.3) is 0 Å². The number of phosphoric ester groups is 1. The molecule has 1 saturated heterocycles. The second kappa shape index (κ2) is 10.4. The molecule has 0 amide bonds. The summed E-state index contributed by atoms with van der Waals surface area (Å²) in [5.74, 6) is 2.00. The highest BCUT2D eigenvalue weighted by Crippen LogP contribution is 2.66. The van der Waals surface area contributed by atoms with Crippen LogP contribution in [0.5, 0.6) is 0 Å². The first kappa shape index (κ1) is 29.6. The van der Waals surface area contributed by atoms with Crippen molar-refractivity contribution < 1.29 is 65.0 Å². The van der Waals surface area contributed by atoms with Crippen molar-refractivity contribution in [2.75, 3.05) is 12.4 Å². The minimum absolute atomic E-state index is 0.416. The van der Waals surface area contributed by atoms with Crippen molar-refractivity contribution in [3.05, 3.63) is 22.5 Å². The molecule has 0 spiro atoms. The van der Waals surface area contributed by atoms with Gasteiger partial charge in [-0.15, -0.1) is 0 Å². The molecule has 2 rings (SSSR count). The zero-order valence-electron chi connectivity index (χ0n) is 17.2. The van der Waals surface area contributed by atoms with E-state index in [4.69, 9.17) is 26.0 Å². The number of phosphoric acid groups is 3. The van der Waals surface area contributed by atoms with Crippen LogP contribution in [0.1, 0.15) is 13.2 Å². The zero-order valence-corrected chi connectivity index (χ0v) is 19.9. The smallest absolute Gasteiger partial charge is 0.387 e. The number of hydrogen-bond donors (Lipinski definition) is 7. The third-order valence-corrected chi connectivity index (χ3v) is 8.16. The lowest BCUT2D eigenvalue weighted by Crippen LogP contribution is -2.55. The number of rotatable bonds is 8. The maximum absolute atomic E-state index is 13.9. The number of halogens is 2. The van der Waals surface area contributed by atoms with E-state index in [9.17, 15) is 42.2 Å². The Morgan fingerprint density at radius 1 is 1.29 bits per heavy atom. The van der Waals surface area contributed by atoms with Crippen LogP contribution in [-0.2, 0) is 31.6 Å². The highest BCUT2D eigenvalue weighted by Gasteiger charge is 2.57. The molecule has 0 aromatic carbocycles. The predicted octanol–water partition coefficient (Wildman–Crippen LogP) is -1.37. The summed E-state index contributed by atoms with van der Waals surface area (Å²) in [5.41, 5.74) is 7.61. The van der Waals surface area contributed by atoms with Crippen LogP contribution in [0, 0.1) is 17.7 Å². The van der Waals surface area contributed by atoms with Gasteiger partial charge in [0.05, 0.1) is 12.3 Å². The van der Waals surface area contributed by atoms with Crippen molar-refractivity contribution in [3.8, 4) is 11.8 Å². The van der Waals surface area contributed by atoms with Crippen molar-refractivity contribution in [1.29, 1.82) is 0 Å². The molecule has 198 valence electrons. The van der Waals surface area contributed by atoms with Crippen molar-refractivity contribution in [2.45, 2.75) is 37.0 Å². The summed E-state index contributed by atoms with van der Waals surface area (Å²) < 4.78 is 78.4. The number of anilines is 1. The first-order chi connectivity index (χ1) is 15.8. The maximum Gasteiger partial charge on any atom is 0.490 e. The van der Waals surface area contributed by atoms with Gasteiger partial charge in [0.2, 0.25) is 0 Å². The molecule has 2 heterocycles. The second-order valence-electron chi connectivity index (χ2n) is 6.83. The lowest BCUT2D eigenvalue weighted by molar-refractivity contribution is -0.0756. The number of aliphatic hydroxyl groups is 1. The van der Waals surface area contributed by atoms with Gasteiger partial charge in [0, 0.05) is 0 Å². The summed E-state index contributed by atoms with van der Waals surface area (Å²) in [7, 11) is -17.2. The Labute approximate surface area is 194 Å². The molecule has 1 fully saturated rings. The molecule has 1 aliphatic rings. The molecule has 1 aliphatic heterocycles. The van der Waals surface area contributed by atoms with E-state index in [1.165, 1.54) is 0 Å². The summed E-state index contributed by atoms with van der Waals surface area (Å²) >= 11 is 0. The van der Waals surface area contributed by atoms with Gasteiger partial charge in [-0.3, -0.25) is 9.09 Å². The van der Waals surface area contributed by atoms with Gasteiger partial charge in [0.1, 0.15) is 18.9 Å². The predicted molar refractivity (Wildman–Crippen MR) is 108 cm³/mol. The van der Waals surface area contributed by atoms with Crippen LogP contribution < -0.4 is 17.2 Å². The highest BCUT2D eigenvalue weighted by molar-refractivity contribution is 7.66. The molecule has 0 radical (unpaired) electrons. The average Bonchev–Trinajstić information content (AvgIpc) is 2.91. The lowest BCUT2D eigenvalue weighted by Gasteiger charge is -2.28. The molecule has 0 aliphatic carbocycles. The van der Waals surface area contributed by atoms with Gasteiger partial charge in [-0.2, -0.15) is 13.6 Å².